The summed E-state index contributed by atoms with van der Waals surface area (Å²) in [5.41, 5.74) is 0.402. The van der Waals surface area contributed by atoms with E-state index in [-0.39, 0.29) is 30.3 Å². The molecule has 2 rings (SSSR count). The molecule has 0 fully saturated rings. The third kappa shape index (κ3) is 8.15. The van der Waals surface area contributed by atoms with Crippen LogP contribution in [0.5, 0.6) is 5.75 Å². The van der Waals surface area contributed by atoms with Crippen LogP contribution >= 0.6 is 0 Å². The second-order valence-electron chi connectivity index (χ2n) is 9.81. The van der Waals surface area contributed by atoms with Gasteiger partial charge >= 0.3 is 6.09 Å². The Hall–Kier alpha value is -3.81. The molecule has 2 atom stereocenters. The van der Waals surface area contributed by atoms with Crippen molar-refractivity contribution in [2.24, 2.45) is 5.92 Å². The van der Waals surface area contributed by atoms with E-state index < -0.39 is 35.6 Å². The Bertz CT molecular complexity index is 1050. The zero-order chi connectivity index (χ0) is 26.9. The van der Waals surface area contributed by atoms with Crippen LogP contribution in [-0.2, 0) is 20.9 Å². The summed E-state index contributed by atoms with van der Waals surface area (Å²) in [6, 6.07) is 13.6. The lowest BCUT2D eigenvalue weighted by Crippen LogP contribution is -2.54. The van der Waals surface area contributed by atoms with Crippen LogP contribution in [0.1, 0.15) is 51.8 Å². The molecule has 0 aliphatic carbocycles. The summed E-state index contributed by atoms with van der Waals surface area (Å²) in [5, 5.41) is 16.1. The van der Waals surface area contributed by atoms with E-state index in [2.05, 4.69) is 17.2 Å². The summed E-state index contributed by atoms with van der Waals surface area (Å²) in [6.07, 6.45) is 0.765. The molecular weight excluding hydrogens is 458 g/mol. The highest BCUT2D eigenvalue weighted by atomic mass is 16.6. The molecule has 2 aromatic carbocycles. The number of benzene rings is 2. The van der Waals surface area contributed by atoms with Crippen LogP contribution in [0.2, 0.25) is 0 Å². The average Bonchev–Trinajstić information content (AvgIpc) is 2.81. The second kappa shape index (κ2) is 12.8. The van der Waals surface area contributed by atoms with Crippen molar-refractivity contribution in [1.29, 1.82) is 0 Å². The highest BCUT2D eigenvalue weighted by Gasteiger charge is 2.37. The molecule has 0 aromatic heterocycles. The standard InChI is InChI=1S/C28H37N3O5/c1-7-17-31(26(34)23(19(2)3)30-27(35)36-28(4,5)6)24(21-15-11-12-16-22(21)32)25(33)29-18-20-13-9-8-10-14-20/h7-16,19,23-24,32H,1,17-18H2,2-6H3,(H,29,33)(H,30,35). The lowest BCUT2D eigenvalue weighted by Gasteiger charge is -2.35. The van der Waals surface area contributed by atoms with Crippen LogP contribution in [0.4, 0.5) is 4.79 Å². The topological polar surface area (TPSA) is 108 Å². The molecule has 0 saturated heterocycles. The first-order chi connectivity index (χ1) is 16.9. The predicted molar refractivity (Wildman–Crippen MR) is 139 cm³/mol. The van der Waals surface area contributed by atoms with E-state index in [1.807, 2.05) is 30.3 Å². The van der Waals surface area contributed by atoms with Crippen molar-refractivity contribution in [2.75, 3.05) is 6.54 Å². The second-order valence-corrected chi connectivity index (χ2v) is 9.81. The fraction of sp³-hybridized carbons (Fsp3) is 0.393. The summed E-state index contributed by atoms with van der Waals surface area (Å²) in [6.45, 7) is 12.8. The number of hydrogen-bond donors (Lipinski definition) is 3. The quantitative estimate of drug-likeness (QED) is 0.426. The van der Waals surface area contributed by atoms with E-state index in [0.717, 1.165) is 5.56 Å². The molecule has 0 radical (unpaired) electrons. The first-order valence-electron chi connectivity index (χ1n) is 11.9. The van der Waals surface area contributed by atoms with Gasteiger partial charge in [-0.25, -0.2) is 4.79 Å². The monoisotopic (exact) mass is 495 g/mol. The third-order valence-corrected chi connectivity index (χ3v) is 5.31. The van der Waals surface area contributed by atoms with Crippen LogP contribution in [0.15, 0.2) is 67.3 Å². The molecule has 36 heavy (non-hydrogen) atoms. The molecular formula is C28H37N3O5. The zero-order valence-electron chi connectivity index (χ0n) is 21.7. The smallest absolute Gasteiger partial charge is 0.408 e. The van der Waals surface area contributed by atoms with Gasteiger partial charge in [0.05, 0.1) is 0 Å². The van der Waals surface area contributed by atoms with E-state index in [4.69, 9.17) is 4.74 Å². The minimum absolute atomic E-state index is 0.00973. The highest BCUT2D eigenvalue weighted by Crippen LogP contribution is 2.30. The Balaban J connectivity index is 2.43. The molecule has 8 nitrogen and oxygen atoms in total. The SMILES string of the molecule is C=CCN(C(=O)C(NC(=O)OC(C)(C)C)C(C)C)C(C(=O)NCc1ccccc1)c1ccccc1O. The van der Waals surface area contributed by atoms with Crippen LogP contribution in [0, 0.1) is 5.92 Å². The summed E-state index contributed by atoms with van der Waals surface area (Å²) in [5.74, 6) is -1.41. The van der Waals surface area contributed by atoms with Gasteiger partial charge in [-0.1, -0.05) is 68.5 Å². The van der Waals surface area contributed by atoms with Gasteiger partial charge < -0.3 is 25.4 Å². The fourth-order valence-corrected chi connectivity index (χ4v) is 3.64. The highest BCUT2D eigenvalue weighted by molar-refractivity contribution is 5.92. The maximum atomic E-state index is 13.8. The van der Waals surface area contributed by atoms with Crippen molar-refractivity contribution in [3.8, 4) is 5.75 Å². The number of carbonyl (C=O) groups is 3. The Morgan fingerprint density at radius 2 is 1.67 bits per heavy atom. The Morgan fingerprint density at radius 1 is 1.06 bits per heavy atom. The number of phenols is 1. The van der Waals surface area contributed by atoms with Crippen LogP contribution in [-0.4, -0.2) is 46.1 Å². The lowest BCUT2D eigenvalue weighted by atomic mass is 9.98. The summed E-state index contributed by atoms with van der Waals surface area (Å²) in [7, 11) is 0. The summed E-state index contributed by atoms with van der Waals surface area (Å²) < 4.78 is 5.35. The molecule has 3 amide bonds. The fourth-order valence-electron chi connectivity index (χ4n) is 3.64. The van der Waals surface area contributed by atoms with Crippen molar-refractivity contribution in [2.45, 2.75) is 58.8 Å². The van der Waals surface area contributed by atoms with Crippen molar-refractivity contribution < 1.29 is 24.2 Å². The van der Waals surface area contributed by atoms with E-state index >= 15 is 0 Å². The molecule has 0 aliphatic heterocycles. The maximum Gasteiger partial charge on any atom is 0.408 e. The number of rotatable bonds is 10. The van der Waals surface area contributed by atoms with Crippen LogP contribution < -0.4 is 10.6 Å². The molecule has 0 aliphatic rings. The molecule has 8 heteroatoms. The van der Waals surface area contributed by atoms with Gasteiger partial charge in [0, 0.05) is 18.7 Å². The number of nitrogens with one attached hydrogen (secondary N) is 2. The van der Waals surface area contributed by atoms with Gasteiger partial charge in [-0.3, -0.25) is 9.59 Å². The Morgan fingerprint density at radius 3 is 2.22 bits per heavy atom. The van der Waals surface area contributed by atoms with Gasteiger partial charge in [-0.05, 0) is 38.3 Å². The molecule has 194 valence electrons. The number of amides is 3. The van der Waals surface area contributed by atoms with Gasteiger partial charge in [0.1, 0.15) is 23.4 Å². The van der Waals surface area contributed by atoms with Gasteiger partial charge in [0.15, 0.2) is 0 Å². The minimum Gasteiger partial charge on any atom is -0.508 e. The Kier molecular flexibility index (Phi) is 10.1. The normalized spacial score (nSPS) is 12.8. The number of nitrogens with zero attached hydrogens (tertiary/aromatic N) is 1. The predicted octanol–water partition coefficient (Wildman–Crippen LogP) is 4.31. The summed E-state index contributed by atoms with van der Waals surface area (Å²) >= 11 is 0. The van der Waals surface area contributed by atoms with Gasteiger partial charge in [0.25, 0.3) is 0 Å². The minimum atomic E-state index is -1.16. The van der Waals surface area contributed by atoms with Gasteiger partial charge in [-0.2, -0.15) is 0 Å². The number of phenolic OH excluding ortho intramolecular Hbond substituents is 1. The molecule has 0 bridgehead atoms. The lowest BCUT2D eigenvalue weighted by molar-refractivity contribution is -0.142. The largest absolute Gasteiger partial charge is 0.508 e. The number of aromatic hydroxyl groups is 1. The van der Waals surface area contributed by atoms with Crippen LogP contribution in [0.25, 0.3) is 0 Å². The van der Waals surface area contributed by atoms with E-state index in [1.165, 1.54) is 17.0 Å². The third-order valence-electron chi connectivity index (χ3n) is 5.31. The number of carbonyl (C=O) groups excluding carboxylic acids is 3. The van der Waals surface area contributed by atoms with Crippen molar-refractivity contribution in [3.05, 3.63) is 78.4 Å². The summed E-state index contributed by atoms with van der Waals surface area (Å²) in [4.78, 5) is 41.2. The van der Waals surface area contributed by atoms with Crippen molar-refractivity contribution in [3.63, 3.8) is 0 Å². The molecule has 3 N–H and O–H groups in total. The molecule has 2 unspecified atom stereocenters. The van der Waals surface area contributed by atoms with Crippen molar-refractivity contribution >= 4 is 17.9 Å². The number of para-hydroxylation sites is 1. The molecule has 0 spiro atoms. The first-order valence-corrected chi connectivity index (χ1v) is 11.9. The molecule has 0 saturated carbocycles. The molecule has 0 heterocycles. The number of hydrogen-bond acceptors (Lipinski definition) is 5. The number of alkyl carbamates (subject to hydrolysis) is 1. The van der Waals surface area contributed by atoms with Crippen molar-refractivity contribution in [1.82, 2.24) is 15.5 Å². The van der Waals surface area contributed by atoms with E-state index in [0.29, 0.717) is 0 Å². The average molecular weight is 496 g/mol. The number of ether oxygens (including phenoxy) is 1. The van der Waals surface area contributed by atoms with E-state index in [9.17, 15) is 19.5 Å². The van der Waals surface area contributed by atoms with Gasteiger partial charge in [0.2, 0.25) is 11.8 Å². The molecule has 2 aromatic rings. The zero-order valence-corrected chi connectivity index (χ0v) is 21.7. The Labute approximate surface area is 213 Å². The van der Waals surface area contributed by atoms with Crippen LogP contribution in [0.3, 0.4) is 0 Å². The van der Waals surface area contributed by atoms with E-state index in [1.54, 1.807) is 52.8 Å². The van der Waals surface area contributed by atoms with Gasteiger partial charge in [-0.15, -0.1) is 6.58 Å². The maximum absolute atomic E-state index is 13.8. The first kappa shape index (κ1) is 28.4.